The maximum absolute atomic E-state index is 11.9. The van der Waals surface area contributed by atoms with Gasteiger partial charge in [0.05, 0.1) is 12.0 Å². The molecular weight excluding hydrogens is 234 g/mol. The first kappa shape index (κ1) is 12.6. The highest BCUT2D eigenvalue weighted by atomic mass is 16.4. The third-order valence-electron chi connectivity index (χ3n) is 3.19. The van der Waals surface area contributed by atoms with Crippen LogP contribution in [0.2, 0.25) is 0 Å². The summed E-state index contributed by atoms with van der Waals surface area (Å²) in [7, 11) is 0. The molecule has 0 aliphatic carbocycles. The Balaban J connectivity index is 1.82. The van der Waals surface area contributed by atoms with E-state index in [0.29, 0.717) is 25.9 Å². The van der Waals surface area contributed by atoms with Crippen molar-refractivity contribution in [3.63, 3.8) is 0 Å². The molecule has 0 saturated carbocycles. The van der Waals surface area contributed by atoms with Crippen molar-refractivity contribution in [2.24, 2.45) is 0 Å². The number of carboxylic acids is 1. The highest BCUT2D eigenvalue weighted by Crippen LogP contribution is 2.13. The van der Waals surface area contributed by atoms with Gasteiger partial charge in [0, 0.05) is 44.5 Å². The van der Waals surface area contributed by atoms with Gasteiger partial charge in [-0.05, 0) is 6.42 Å². The van der Waals surface area contributed by atoms with E-state index in [0.717, 1.165) is 24.2 Å². The van der Waals surface area contributed by atoms with E-state index < -0.39 is 5.97 Å². The topological polar surface area (TPSA) is 86.3 Å². The molecule has 0 radical (unpaired) electrons. The number of carboxylic acid groups (broad SMARTS) is 1. The fourth-order valence-corrected chi connectivity index (χ4v) is 2.18. The molecule has 6 heteroatoms. The molecule has 0 aromatic carbocycles. The number of aliphatic carboxylic acids is 1. The summed E-state index contributed by atoms with van der Waals surface area (Å²) < 4.78 is 0. The van der Waals surface area contributed by atoms with E-state index in [-0.39, 0.29) is 12.3 Å². The van der Waals surface area contributed by atoms with Crippen molar-refractivity contribution in [1.29, 1.82) is 0 Å². The zero-order chi connectivity index (χ0) is 13.0. The monoisotopic (exact) mass is 251 g/mol. The Bertz CT molecular complexity index is 419. The minimum absolute atomic E-state index is 0.0430. The van der Waals surface area contributed by atoms with Crippen molar-refractivity contribution >= 4 is 11.9 Å². The lowest BCUT2D eigenvalue weighted by molar-refractivity contribution is -0.137. The van der Waals surface area contributed by atoms with E-state index in [1.807, 2.05) is 0 Å². The van der Waals surface area contributed by atoms with Gasteiger partial charge in [-0.1, -0.05) is 0 Å². The van der Waals surface area contributed by atoms with Gasteiger partial charge in [-0.15, -0.1) is 0 Å². The normalized spacial score (nSPS) is 15.0. The molecule has 0 spiro atoms. The number of amides is 1. The molecule has 98 valence electrons. The van der Waals surface area contributed by atoms with Gasteiger partial charge in [-0.3, -0.25) is 9.59 Å². The Morgan fingerprint density at radius 1 is 1.33 bits per heavy atom. The van der Waals surface area contributed by atoms with Crippen molar-refractivity contribution in [1.82, 2.24) is 14.9 Å². The largest absolute Gasteiger partial charge is 0.481 e. The second kappa shape index (κ2) is 5.66. The number of nitrogens with zero attached hydrogens (tertiary/aromatic N) is 2. The molecule has 0 saturated heterocycles. The lowest BCUT2D eigenvalue weighted by Crippen LogP contribution is -2.33. The average Bonchev–Trinajstić information content (AvgIpc) is 2.67. The Morgan fingerprint density at radius 2 is 2.11 bits per heavy atom. The maximum Gasteiger partial charge on any atom is 0.303 e. The van der Waals surface area contributed by atoms with Crippen LogP contribution >= 0.6 is 0 Å². The van der Waals surface area contributed by atoms with Crippen LogP contribution in [-0.2, 0) is 22.4 Å². The lowest BCUT2D eigenvalue weighted by atomic mass is 10.2. The number of aromatic nitrogens is 2. The molecule has 0 fully saturated rings. The minimum atomic E-state index is -0.849. The van der Waals surface area contributed by atoms with E-state index in [1.165, 1.54) is 0 Å². The van der Waals surface area contributed by atoms with Gasteiger partial charge in [0.1, 0.15) is 0 Å². The molecule has 1 aliphatic rings. The second-order valence-corrected chi connectivity index (χ2v) is 4.46. The molecule has 18 heavy (non-hydrogen) atoms. The summed E-state index contributed by atoms with van der Waals surface area (Å²) in [5, 5.41) is 8.53. The van der Waals surface area contributed by atoms with Crippen LogP contribution in [-0.4, -0.2) is 44.9 Å². The maximum atomic E-state index is 11.9. The SMILES string of the molecule is O=C(O)CCCC(=O)N1CCc2nc[nH]c2CC1. The quantitative estimate of drug-likeness (QED) is 0.820. The first-order valence-corrected chi connectivity index (χ1v) is 6.17. The summed E-state index contributed by atoms with van der Waals surface area (Å²) in [5.41, 5.74) is 2.15. The molecule has 6 nitrogen and oxygen atoms in total. The zero-order valence-electron chi connectivity index (χ0n) is 10.2. The lowest BCUT2D eigenvalue weighted by Gasteiger charge is -2.19. The molecular formula is C12H17N3O3. The van der Waals surface area contributed by atoms with Crippen LogP contribution in [0.25, 0.3) is 0 Å². The molecule has 1 aromatic heterocycles. The third kappa shape index (κ3) is 3.09. The van der Waals surface area contributed by atoms with Crippen molar-refractivity contribution in [3.8, 4) is 0 Å². The van der Waals surface area contributed by atoms with Crippen molar-refractivity contribution in [3.05, 3.63) is 17.7 Å². The van der Waals surface area contributed by atoms with E-state index in [4.69, 9.17) is 5.11 Å². The number of nitrogens with one attached hydrogen (secondary N) is 1. The third-order valence-corrected chi connectivity index (χ3v) is 3.19. The predicted octanol–water partition coefficient (Wildman–Crippen LogP) is 0.592. The number of fused-ring (bicyclic) bond motifs is 1. The van der Waals surface area contributed by atoms with E-state index >= 15 is 0 Å². The summed E-state index contributed by atoms with van der Waals surface area (Å²) in [5.74, 6) is -0.806. The van der Waals surface area contributed by atoms with E-state index in [1.54, 1.807) is 11.2 Å². The van der Waals surface area contributed by atoms with Crippen LogP contribution in [0.15, 0.2) is 6.33 Å². The van der Waals surface area contributed by atoms with Crippen LogP contribution in [0.4, 0.5) is 0 Å². The predicted molar refractivity (Wildman–Crippen MR) is 64.1 cm³/mol. The van der Waals surface area contributed by atoms with Crippen LogP contribution in [0.3, 0.4) is 0 Å². The van der Waals surface area contributed by atoms with Crippen LogP contribution < -0.4 is 0 Å². The van der Waals surface area contributed by atoms with Crippen LogP contribution in [0.5, 0.6) is 0 Å². The summed E-state index contributed by atoms with van der Waals surface area (Å²) in [6.07, 6.45) is 4.03. The van der Waals surface area contributed by atoms with Gasteiger partial charge < -0.3 is 15.0 Å². The number of carbonyl (C=O) groups is 2. The molecule has 2 heterocycles. The van der Waals surface area contributed by atoms with Crippen molar-refractivity contribution in [2.75, 3.05) is 13.1 Å². The molecule has 1 aromatic rings. The summed E-state index contributed by atoms with van der Waals surface area (Å²) in [4.78, 5) is 31.4. The molecule has 0 bridgehead atoms. The number of hydrogen-bond acceptors (Lipinski definition) is 3. The number of carbonyl (C=O) groups excluding carboxylic acids is 1. The average molecular weight is 251 g/mol. The van der Waals surface area contributed by atoms with E-state index in [2.05, 4.69) is 9.97 Å². The molecule has 1 amide bonds. The van der Waals surface area contributed by atoms with Gasteiger partial charge >= 0.3 is 5.97 Å². The molecule has 2 N–H and O–H groups in total. The van der Waals surface area contributed by atoms with Crippen LogP contribution in [0, 0.1) is 0 Å². The Kier molecular flexibility index (Phi) is 3.96. The number of imidazole rings is 1. The minimum Gasteiger partial charge on any atom is -0.481 e. The molecule has 0 atom stereocenters. The summed E-state index contributed by atoms with van der Waals surface area (Å²) in [6.45, 7) is 1.35. The number of rotatable bonds is 4. The van der Waals surface area contributed by atoms with Gasteiger partial charge in [0.25, 0.3) is 0 Å². The van der Waals surface area contributed by atoms with Crippen molar-refractivity contribution in [2.45, 2.75) is 32.1 Å². The first-order chi connectivity index (χ1) is 8.66. The molecule has 1 aliphatic heterocycles. The van der Waals surface area contributed by atoms with Gasteiger partial charge in [0.2, 0.25) is 5.91 Å². The molecule has 0 unspecified atom stereocenters. The zero-order valence-corrected chi connectivity index (χ0v) is 10.2. The number of aromatic amines is 1. The van der Waals surface area contributed by atoms with Gasteiger partial charge in [0.15, 0.2) is 0 Å². The highest BCUT2D eigenvalue weighted by Gasteiger charge is 2.19. The van der Waals surface area contributed by atoms with Crippen molar-refractivity contribution < 1.29 is 14.7 Å². The Hall–Kier alpha value is -1.85. The molecule has 2 rings (SSSR count). The Morgan fingerprint density at radius 3 is 2.89 bits per heavy atom. The smallest absolute Gasteiger partial charge is 0.303 e. The van der Waals surface area contributed by atoms with Gasteiger partial charge in [-0.2, -0.15) is 0 Å². The standard InChI is InChI=1S/C12H17N3O3/c16-11(2-1-3-12(17)18)15-6-4-9-10(5-7-15)14-8-13-9/h8H,1-7H2,(H,13,14)(H,17,18). The fourth-order valence-electron chi connectivity index (χ4n) is 2.18. The van der Waals surface area contributed by atoms with E-state index in [9.17, 15) is 9.59 Å². The highest BCUT2D eigenvalue weighted by molar-refractivity contribution is 5.77. The fraction of sp³-hybridized carbons (Fsp3) is 0.583. The summed E-state index contributed by atoms with van der Waals surface area (Å²) in [6, 6.07) is 0. The van der Waals surface area contributed by atoms with Gasteiger partial charge in [-0.25, -0.2) is 4.98 Å². The number of hydrogen-bond donors (Lipinski definition) is 2. The number of H-pyrrole nitrogens is 1. The first-order valence-electron chi connectivity index (χ1n) is 6.17. The Labute approximate surface area is 105 Å². The second-order valence-electron chi connectivity index (χ2n) is 4.46. The van der Waals surface area contributed by atoms with Crippen LogP contribution in [0.1, 0.15) is 30.7 Å². The summed E-state index contributed by atoms with van der Waals surface area (Å²) >= 11 is 0.